The van der Waals surface area contributed by atoms with E-state index in [2.05, 4.69) is 4.98 Å². The quantitative estimate of drug-likeness (QED) is 0.349. The molecule has 0 unspecified atom stereocenters. The molecule has 29 heavy (non-hydrogen) atoms. The Kier molecular flexibility index (Phi) is 5.20. The molecule has 4 rings (SSSR count). The fourth-order valence-corrected chi connectivity index (χ4v) is 3.19. The van der Waals surface area contributed by atoms with Crippen molar-refractivity contribution in [2.24, 2.45) is 0 Å². The van der Waals surface area contributed by atoms with Crippen LogP contribution in [0.2, 0.25) is 0 Å². The highest BCUT2D eigenvalue weighted by Gasteiger charge is 2.36. The molecule has 146 valence electrons. The second kappa shape index (κ2) is 8.10. The van der Waals surface area contributed by atoms with Crippen molar-refractivity contribution in [2.75, 3.05) is 6.61 Å². The van der Waals surface area contributed by atoms with Crippen molar-refractivity contribution in [1.82, 2.24) is 9.88 Å². The molecule has 1 aromatic carbocycles. The van der Waals surface area contributed by atoms with Crippen LogP contribution >= 0.6 is 0 Å². The Labute approximate surface area is 166 Å². The van der Waals surface area contributed by atoms with Crippen LogP contribution in [-0.2, 0) is 17.7 Å². The number of esters is 1. The van der Waals surface area contributed by atoms with E-state index in [9.17, 15) is 14.4 Å². The van der Waals surface area contributed by atoms with Gasteiger partial charge < -0.3 is 9.15 Å². The highest BCUT2D eigenvalue weighted by molar-refractivity contribution is 6.21. The number of amides is 2. The number of hydrogen-bond donors (Lipinski definition) is 0. The van der Waals surface area contributed by atoms with Crippen molar-refractivity contribution in [3.8, 4) is 0 Å². The number of furan rings is 1. The minimum Gasteiger partial charge on any atom is -0.467 e. The fourth-order valence-electron chi connectivity index (χ4n) is 3.19. The molecule has 1 aliphatic rings. The summed E-state index contributed by atoms with van der Waals surface area (Å²) in [6, 6.07) is 11.6. The molecular weight excluding hydrogens is 372 g/mol. The largest absolute Gasteiger partial charge is 0.467 e. The van der Waals surface area contributed by atoms with Gasteiger partial charge in [-0.05, 0) is 60.9 Å². The molecule has 0 atom stereocenters. The standard InChI is InChI=1S/C22H18N2O5/c25-20-18-6-5-16(22(27)29-12-1-3-15-7-9-23-10-8-15)13-19(18)21(26)24(20)14-17-4-2-11-28-17/h2,4-11,13H,1,3,12,14H2. The molecule has 0 N–H and O–H groups in total. The van der Waals surface area contributed by atoms with E-state index in [1.807, 2.05) is 12.1 Å². The van der Waals surface area contributed by atoms with Crippen molar-refractivity contribution in [3.63, 3.8) is 0 Å². The van der Waals surface area contributed by atoms with Gasteiger partial charge in [0.15, 0.2) is 0 Å². The van der Waals surface area contributed by atoms with Crippen LogP contribution in [-0.4, -0.2) is 34.3 Å². The molecule has 0 spiro atoms. The van der Waals surface area contributed by atoms with Crippen LogP contribution in [0.25, 0.3) is 0 Å². The molecule has 7 nitrogen and oxygen atoms in total. The normalized spacial score (nSPS) is 12.9. The Bertz CT molecular complexity index is 1040. The van der Waals surface area contributed by atoms with Gasteiger partial charge >= 0.3 is 5.97 Å². The van der Waals surface area contributed by atoms with E-state index < -0.39 is 17.8 Å². The maximum absolute atomic E-state index is 12.6. The minimum atomic E-state index is -0.521. The third kappa shape index (κ3) is 3.94. The number of benzene rings is 1. The molecule has 3 aromatic rings. The van der Waals surface area contributed by atoms with E-state index in [1.54, 1.807) is 24.5 Å². The van der Waals surface area contributed by atoms with Gasteiger partial charge in [-0.25, -0.2) is 4.79 Å². The van der Waals surface area contributed by atoms with Crippen LogP contribution < -0.4 is 0 Å². The van der Waals surface area contributed by atoms with Crippen LogP contribution in [0.3, 0.4) is 0 Å². The first-order chi connectivity index (χ1) is 14.1. The van der Waals surface area contributed by atoms with Crippen molar-refractivity contribution in [3.05, 3.63) is 89.1 Å². The number of ether oxygens (including phenoxy) is 1. The summed E-state index contributed by atoms with van der Waals surface area (Å²) in [5.41, 5.74) is 1.84. The van der Waals surface area contributed by atoms with Gasteiger partial charge in [0.25, 0.3) is 11.8 Å². The van der Waals surface area contributed by atoms with Crippen LogP contribution in [0, 0.1) is 0 Å². The summed E-state index contributed by atoms with van der Waals surface area (Å²) in [7, 11) is 0. The number of carbonyl (C=O) groups excluding carboxylic acids is 3. The first kappa shape index (κ1) is 18.6. The number of aromatic nitrogens is 1. The second-order valence-corrected chi connectivity index (χ2v) is 6.63. The van der Waals surface area contributed by atoms with Gasteiger partial charge in [0.05, 0.1) is 36.1 Å². The molecule has 0 bridgehead atoms. The molecule has 3 heterocycles. The Balaban J connectivity index is 1.38. The van der Waals surface area contributed by atoms with Crippen molar-refractivity contribution < 1.29 is 23.5 Å². The van der Waals surface area contributed by atoms with Gasteiger partial charge in [-0.3, -0.25) is 19.5 Å². The molecule has 0 saturated heterocycles. The zero-order valence-electron chi connectivity index (χ0n) is 15.5. The number of aryl methyl sites for hydroxylation is 1. The van der Waals surface area contributed by atoms with Crippen molar-refractivity contribution >= 4 is 17.8 Å². The van der Waals surface area contributed by atoms with Crippen LogP contribution in [0.5, 0.6) is 0 Å². The maximum Gasteiger partial charge on any atom is 0.338 e. The Morgan fingerprint density at radius 1 is 1.03 bits per heavy atom. The van der Waals surface area contributed by atoms with E-state index in [4.69, 9.17) is 9.15 Å². The molecule has 2 amide bonds. The Morgan fingerprint density at radius 2 is 1.83 bits per heavy atom. The predicted molar refractivity (Wildman–Crippen MR) is 102 cm³/mol. The molecule has 1 aliphatic heterocycles. The smallest absolute Gasteiger partial charge is 0.338 e. The predicted octanol–water partition coefficient (Wildman–Crippen LogP) is 3.26. The third-order valence-electron chi connectivity index (χ3n) is 4.69. The van der Waals surface area contributed by atoms with E-state index in [-0.39, 0.29) is 29.8 Å². The Hall–Kier alpha value is -3.74. The summed E-state index contributed by atoms with van der Waals surface area (Å²) in [6.07, 6.45) is 6.37. The van der Waals surface area contributed by atoms with Crippen molar-refractivity contribution in [1.29, 1.82) is 0 Å². The highest BCUT2D eigenvalue weighted by Crippen LogP contribution is 2.26. The van der Waals surface area contributed by atoms with Gasteiger partial charge in [-0.1, -0.05) is 0 Å². The second-order valence-electron chi connectivity index (χ2n) is 6.63. The highest BCUT2D eigenvalue weighted by atomic mass is 16.5. The zero-order chi connectivity index (χ0) is 20.2. The summed E-state index contributed by atoms with van der Waals surface area (Å²) in [5.74, 6) is -0.868. The number of nitrogens with zero attached hydrogens (tertiary/aromatic N) is 2. The monoisotopic (exact) mass is 390 g/mol. The van der Waals surface area contributed by atoms with E-state index in [1.165, 1.54) is 24.5 Å². The lowest BCUT2D eigenvalue weighted by molar-refractivity contribution is 0.0500. The number of fused-ring (bicyclic) bond motifs is 1. The average Bonchev–Trinajstić information content (AvgIpc) is 3.35. The molecule has 2 aromatic heterocycles. The summed E-state index contributed by atoms with van der Waals surface area (Å²) < 4.78 is 10.5. The summed E-state index contributed by atoms with van der Waals surface area (Å²) in [5, 5.41) is 0. The Morgan fingerprint density at radius 3 is 2.59 bits per heavy atom. The molecule has 0 radical (unpaired) electrons. The fraction of sp³-hybridized carbons (Fsp3) is 0.182. The van der Waals surface area contributed by atoms with Gasteiger partial charge in [0.1, 0.15) is 5.76 Å². The summed E-state index contributed by atoms with van der Waals surface area (Å²) in [6.45, 7) is 0.309. The SMILES string of the molecule is O=C(OCCCc1ccncc1)c1ccc2c(c1)C(=O)N(Cc1ccco1)C2=O. The lowest BCUT2D eigenvalue weighted by atomic mass is 10.1. The van der Waals surface area contributed by atoms with Gasteiger partial charge in [0.2, 0.25) is 0 Å². The maximum atomic E-state index is 12.6. The van der Waals surface area contributed by atoms with E-state index in [0.717, 1.165) is 16.9 Å². The number of rotatable bonds is 7. The third-order valence-corrected chi connectivity index (χ3v) is 4.69. The van der Waals surface area contributed by atoms with Gasteiger partial charge in [-0.15, -0.1) is 0 Å². The van der Waals surface area contributed by atoms with E-state index in [0.29, 0.717) is 12.2 Å². The average molecular weight is 390 g/mol. The molecular formula is C22H18N2O5. The van der Waals surface area contributed by atoms with E-state index >= 15 is 0 Å². The number of imide groups is 1. The first-order valence-corrected chi connectivity index (χ1v) is 9.22. The number of pyridine rings is 1. The molecule has 0 fully saturated rings. The molecule has 0 aliphatic carbocycles. The van der Waals surface area contributed by atoms with Crippen LogP contribution in [0.15, 0.2) is 65.5 Å². The van der Waals surface area contributed by atoms with Crippen LogP contribution in [0.1, 0.15) is 48.8 Å². The topological polar surface area (TPSA) is 89.7 Å². The first-order valence-electron chi connectivity index (χ1n) is 9.22. The number of carbonyl (C=O) groups is 3. The molecule has 7 heteroatoms. The van der Waals surface area contributed by atoms with Crippen molar-refractivity contribution in [2.45, 2.75) is 19.4 Å². The summed E-state index contributed by atoms with van der Waals surface area (Å²) in [4.78, 5) is 42.5. The van der Waals surface area contributed by atoms with Gasteiger partial charge in [0, 0.05) is 12.4 Å². The zero-order valence-corrected chi connectivity index (χ0v) is 15.5. The summed E-state index contributed by atoms with van der Waals surface area (Å²) >= 11 is 0. The number of hydrogen-bond acceptors (Lipinski definition) is 6. The van der Waals surface area contributed by atoms with Gasteiger partial charge in [-0.2, -0.15) is 0 Å². The lowest BCUT2D eigenvalue weighted by Crippen LogP contribution is -2.28. The molecule has 0 saturated carbocycles. The minimum absolute atomic E-state index is 0.0497. The lowest BCUT2D eigenvalue weighted by Gasteiger charge is -2.11. The van der Waals surface area contributed by atoms with Crippen LogP contribution in [0.4, 0.5) is 0 Å².